The van der Waals surface area contributed by atoms with E-state index in [4.69, 9.17) is 0 Å². The third-order valence-corrected chi connectivity index (χ3v) is 7.55. The van der Waals surface area contributed by atoms with E-state index >= 15 is 0 Å². The van der Waals surface area contributed by atoms with Crippen LogP contribution in [0.4, 0.5) is 0 Å². The third-order valence-electron chi connectivity index (χ3n) is 7.55. The van der Waals surface area contributed by atoms with E-state index < -0.39 is 0 Å². The SMILES string of the molecule is CCCCCCCCc1cccc(C2=C(CCCC)C(CCCC)=C(c3cccc(CC)c3)[N+]2=[N-])c1. The highest BCUT2D eigenvalue weighted by atomic mass is 15.2. The normalized spacial score (nSPS) is 13.8. The first kappa shape index (κ1) is 28.1. The standard InChI is InChI=1S/C34H48N2/c1-5-9-12-13-14-15-18-28-20-17-22-30(26-28)34-32(24-11-7-3)31(23-10-6-2)33(36(34)35)29-21-16-19-27(8-4)25-29/h16-17,19-22,25-26H,5-15,18,23-24H2,1-4H3. The number of hydrogen-bond donors (Lipinski definition) is 0. The number of rotatable bonds is 16. The first-order valence-electron chi connectivity index (χ1n) is 14.8. The van der Waals surface area contributed by atoms with Crippen molar-refractivity contribution in [2.24, 2.45) is 0 Å². The quantitative estimate of drug-likeness (QED) is 0.167. The van der Waals surface area contributed by atoms with E-state index in [0.29, 0.717) is 0 Å². The Morgan fingerprint density at radius 1 is 0.556 bits per heavy atom. The molecule has 1 heterocycles. The topological polar surface area (TPSA) is 25.3 Å². The molecule has 194 valence electrons. The summed E-state index contributed by atoms with van der Waals surface area (Å²) in [4.78, 5) is 0. The lowest BCUT2D eigenvalue weighted by Crippen LogP contribution is -2.03. The maximum Gasteiger partial charge on any atom is 0.211 e. The summed E-state index contributed by atoms with van der Waals surface area (Å²) in [5.41, 5.74) is 21.5. The molecular weight excluding hydrogens is 436 g/mol. The summed E-state index contributed by atoms with van der Waals surface area (Å²) < 4.78 is 1.54. The van der Waals surface area contributed by atoms with Gasteiger partial charge in [-0.25, -0.2) is 4.70 Å². The van der Waals surface area contributed by atoms with Gasteiger partial charge < -0.3 is 5.53 Å². The van der Waals surface area contributed by atoms with Crippen LogP contribution in [0, 0.1) is 0 Å². The van der Waals surface area contributed by atoms with E-state index in [1.165, 1.54) is 65.5 Å². The molecule has 0 radical (unpaired) electrons. The molecule has 0 saturated heterocycles. The van der Waals surface area contributed by atoms with Gasteiger partial charge in [0.2, 0.25) is 11.4 Å². The molecule has 0 spiro atoms. The predicted molar refractivity (Wildman–Crippen MR) is 156 cm³/mol. The molecule has 0 bridgehead atoms. The molecule has 0 unspecified atom stereocenters. The van der Waals surface area contributed by atoms with Gasteiger partial charge in [0.25, 0.3) is 0 Å². The van der Waals surface area contributed by atoms with Gasteiger partial charge in [-0.2, -0.15) is 0 Å². The van der Waals surface area contributed by atoms with Crippen molar-refractivity contribution in [3.8, 4) is 0 Å². The summed E-state index contributed by atoms with van der Waals surface area (Å²) in [7, 11) is 0. The van der Waals surface area contributed by atoms with Crippen LogP contribution in [0.1, 0.15) is 127 Å². The minimum atomic E-state index is 1.00. The van der Waals surface area contributed by atoms with Crippen LogP contribution in [0.2, 0.25) is 0 Å². The fourth-order valence-electron chi connectivity index (χ4n) is 5.41. The van der Waals surface area contributed by atoms with Gasteiger partial charge in [0.15, 0.2) is 0 Å². The van der Waals surface area contributed by atoms with Crippen LogP contribution in [0.3, 0.4) is 0 Å². The molecule has 2 heteroatoms. The van der Waals surface area contributed by atoms with Crippen molar-refractivity contribution >= 4 is 11.4 Å². The number of allylic oxidation sites excluding steroid dienone is 2. The lowest BCUT2D eigenvalue weighted by atomic mass is 9.91. The van der Waals surface area contributed by atoms with Gasteiger partial charge in [-0.15, -0.1) is 0 Å². The Morgan fingerprint density at radius 2 is 1.06 bits per heavy atom. The van der Waals surface area contributed by atoms with E-state index in [1.807, 2.05) is 0 Å². The van der Waals surface area contributed by atoms with Crippen molar-refractivity contribution in [1.82, 2.24) is 0 Å². The molecule has 3 rings (SSSR count). The molecule has 0 N–H and O–H groups in total. The van der Waals surface area contributed by atoms with Gasteiger partial charge >= 0.3 is 0 Å². The Bertz CT molecular complexity index is 1060. The molecule has 2 aromatic carbocycles. The molecule has 0 aromatic heterocycles. The Balaban J connectivity index is 1.95. The molecule has 2 nitrogen and oxygen atoms in total. The monoisotopic (exact) mass is 484 g/mol. The van der Waals surface area contributed by atoms with E-state index in [9.17, 15) is 5.53 Å². The largest absolute Gasteiger partial charge is 0.493 e. The first-order valence-corrected chi connectivity index (χ1v) is 14.8. The summed E-state index contributed by atoms with van der Waals surface area (Å²) in [6.45, 7) is 8.99. The fourth-order valence-corrected chi connectivity index (χ4v) is 5.41. The zero-order valence-corrected chi connectivity index (χ0v) is 23.4. The zero-order chi connectivity index (χ0) is 25.8. The number of benzene rings is 2. The molecule has 0 fully saturated rings. The second kappa shape index (κ2) is 14.9. The summed E-state index contributed by atoms with van der Waals surface area (Å²) in [5, 5.41) is 0. The lowest BCUT2D eigenvalue weighted by Gasteiger charge is -2.11. The van der Waals surface area contributed by atoms with Crippen LogP contribution in [0.15, 0.2) is 59.7 Å². The minimum Gasteiger partial charge on any atom is -0.493 e. The smallest absolute Gasteiger partial charge is 0.211 e. The van der Waals surface area contributed by atoms with Gasteiger partial charge in [0.1, 0.15) is 0 Å². The van der Waals surface area contributed by atoms with Crippen LogP contribution in [-0.4, -0.2) is 4.70 Å². The lowest BCUT2D eigenvalue weighted by molar-refractivity contribution is -0.345. The highest BCUT2D eigenvalue weighted by Crippen LogP contribution is 2.44. The Morgan fingerprint density at radius 3 is 1.61 bits per heavy atom. The van der Waals surface area contributed by atoms with E-state index in [2.05, 4.69) is 76.2 Å². The highest BCUT2D eigenvalue weighted by molar-refractivity contribution is 5.82. The molecule has 1 aliphatic rings. The summed E-state index contributed by atoms with van der Waals surface area (Å²) >= 11 is 0. The molecule has 0 atom stereocenters. The number of unbranched alkanes of at least 4 members (excludes halogenated alkanes) is 7. The molecule has 0 saturated carbocycles. The van der Waals surface area contributed by atoms with Crippen molar-refractivity contribution in [2.75, 3.05) is 0 Å². The average molecular weight is 485 g/mol. The van der Waals surface area contributed by atoms with E-state index in [1.54, 1.807) is 0 Å². The molecule has 2 aromatic rings. The van der Waals surface area contributed by atoms with Gasteiger partial charge in [-0.3, -0.25) is 0 Å². The van der Waals surface area contributed by atoms with Crippen LogP contribution >= 0.6 is 0 Å². The van der Waals surface area contributed by atoms with Crippen molar-refractivity contribution in [3.05, 3.63) is 87.5 Å². The van der Waals surface area contributed by atoms with Crippen molar-refractivity contribution in [3.63, 3.8) is 0 Å². The Kier molecular flexibility index (Phi) is 11.7. The van der Waals surface area contributed by atoms with Crippen molar-refractivity contribution in [2.45, 2.75) is 118 Å². The summed E-state index contributed by atoms with van der Waals surface area (Å²) in [6, 6.07) is 17.7. The first-order chi connectivity index (χ1) is 17.6. The van der Waals surface area contributed by atoms with E-state index in [-0.39, 0.29) is 0 Å². The van der Waals surface area contributed by atoms with Crippen LogP contribution in [0.25, 0.3) is 16.9 Å². The summed E-state index contributed by atoms with van der Waals surface area (Å²) in [5.74, 6) is 0. The third kappa shape index (κ3) is 7.28. The molecule has 1 aliphatic heterocycles. The summed E-state index contributed by atoms with van der Waals surface area (Å²) in [6.07, 6.45) is 16.6. The average Bonchev–Trinajstić information content (AvgIpc) is 3.18. The van der Waals surface area contributed by atoms with E-state index in [0.717, 1.165) is 73.9 Å². The zero-order valence-electron chi connectivity index (χ0n) is 23.4. The Labute approximate surface area is 221 Å². The van der Waals surface area contributed by atoms with Gasteiger partial charge in [0.05, 0.1) is 0 Å². The highest BCUT2D eigenvalue weighted by Gasteiger charge is 2.35. The molecular formula is C34H48N2. The van der Waals surface area contributed by atoms with Crippen LogP contribution in [-0.2, 0) is 12.8 Å². The van der Waals surface area contributed by atoms with Crippen molar-refractivity contribution in [1.29, 1.82) is 0 Å². The molecule has 0 amide bonds. The second-order valence-corrected chi connectivity index (χ2v) is 10.4. The van der Waals surface area contributed by atoms with Gasteiger partial charge in [-0.1, -0.05) is 96.9 Å². The van der Waals surface area contributed by atoms with Crippen LogP contribution in [0.5, 0.6) is 0 Å². The fraction of sp³-hybridized carbons (Fsp3) is 0.529. The predicted octanol–water partition coefficient (Wildman–Crippen LogP) is 10.7. The van der Waals surface area contributed by atoms with Crippen molar-refractivity contribution < 1.29 is 4.70 Å². The Hall–Kier alpha value is -2.48. The molecule has 0 aliphatic carbocycles. The number of aryl methyl sites for hydroxylation is 2. The second-order valence-electron chi connectivity index (χ2n) is 10.4. The number of nitrogens with zero attached hydrogens (tertiary/aromatic N) is 2. The van der Waals surface area contributed by atoms with Crippen LogP contribution < -0.4 is 0 Å². The minimum absolute atomic E-state index is 1.00. The van der Waals surface area contributed by atoms with Gasteiger partial charge in [0, 0.05) is 22.3 Å². The maximum absolute atomic E-state index is 11.8. The molecule has 36 heavy (non-hydrogen) atoms. The van der Waals surface area contributed by atoms with Gasteiger partial charge in [-0.05, 0) is 80.3 Å². The maximum atomic E-state index is 11.8. The number of hydrogen-bond acceptors (Lipinski definition) is 0.